The summed E-state index contributed by atoms with van der Waals surface area (Å²) in [5.41, 5.74) is 0.435. The minimum atomic E-state index is -2.95. The fourth-order valence-electron chi connectivity index (χ4n) is 1.34. The summed E-state index contributed by atoms with van der Waals surface area (Å²) in [6, 6.07) is 0. The molecule has 0 amide bonds. The zero-order chi connectivity index (χ0) is 13.6. The highest BCUT2D eigenvalue weighted by Gasteiger charge is 2.10. The first-order chi connectivity index (χ1) is 8.40. The number of aromatic carboxylic acids is 1. The van der Waals surface area contributed by atoms with E-state index in [1.807, 2.05) is 0 Å². The van der Waals surface area contributed by atoms with Gasteiger partial charge in [-0.15, -0.1) is 0 Å². The maximum absolute atomic E-state index is 10.9. The molecule has 100 valence electrons. The van der Waals surface area contributed by atoms with Crippen LogP contribution < -0.4 is 5.32 Å². The van der Waals surface area contributed by atoms with Crippen molar-refractivity contribution in [3.63, 3.8) is 0 Å². The van der Waals surface area contributed by atoms with Crippen LogP contribution >= 0.6 is 0 Å². The van der Waals surface area contributed by atoms with Crippen molar-refractivity contribution in [2.24, 2.45) is 0 Å². The second-order valence-corrected chi connectivity index (χ2v) is 6.11. The lowest BCUT2D eigenvalue weighted by molar-refractivity contribution is 0.0694. The molecule has 0 saturated heterocycles. The normalized spacial score (nSPS) is 11.4. The molecule has 1 rings (SSSR count). The van der Waals surface area contributed by atoms with E-state index in [1.54, 1.807) is 0 Å². The van der Waals surface area contributed by atoms with Gasteiger partial charge in [0.1, 0.15) is 21.7 Å². The van der Waals surface area contributed by atoms with Crippen LogP contribution in [0.5, 0.6) is 0 Å². The highest BCUT2D eigenvalue weighted by molar-refractivity contribution is 7.90. The zero-order valence-corrected chi connectivity index (χ0v) is 10.8. The Labute approximate surface area is 105 Å². The van der Waals surface area contributed by atoms with E-state index in [1.165, 1.54) is 18.8 Å². The Kier molecular flexibility index (Phi) is 5.17. The number of hydrogen-bond acceptors (Lipinski definition) is 6. The van der Waals surface area contributed by atoms with Gasteiger partial charge in [-0.05, 0) is 13.0 Å². The Balaban J connectivity index is 2.42. The van der Waals surface area contributed by atoms with Gasteiger partial charge in [-0.25, -0.2) is 23.2 Å². The molecule has 8 heteroatoms. The van der Waals surface area contributed by atoms with E-state index in [-0.39, 0.29) is 17.9 Å². The second-order valence-electron chi connectivity index (χ2n) is 3.85. The summed E-state index contributed by atoms with van der Waals surface area (Å²) in [5.74, 6) is -0.973. The summed E-state index contributed by atoms with van der Waals surface area (Å²) < 4.78 is 21.8. The molecule has 0 spiro atoms. The molecule has 2 N–H and O–H groups in total. The Morgan fingerprint density at radius 3 is 2.83 bits per heavy atom. The Bertz CT molecular complexity index is 516. The van der Waals surface area contributed by atoms with Crippen LogP contribution in [0.3, 0.4) is 0 Å². The number of aromatic nitrogens is 2. The van der Waals surface area contributed by atoms with Crippen LogP contribution in [0.15, 0.2) is 12.5 Å². The Morgan fingerprint density at radius 1 is 1.50 bits per heavy atom. The molecule has 1 heterocycles. The quantitative estimate of drug-likeness (QED) is 0.656. The van der Waals surface area contributed by atoms with Crippen molar-refractivity contribution >= 4 is 15.8 Å². The van der Waals surface area contributed by atoms with E-state index >= 15 is 0 Å². The standard InChI is InChI=1S/C10H15N3O4S/c1-18(16,17)4-2-3-11-6-9-8(10(14)15)5-12-7-13-9/h5,7,11H,2-4,6H2,1H3,(H,14,15). The molecule has 0 aliphatic rings. The minimum Gasteiger partial charge on any atom is -0.478 e. The van der Waals surface area contributed by atoms with Gasteiger partial charge in [0, 0.05) is 19.0 Å². The van der Waals surface area contributed by atoms with Crippen LogP contribution in [-0.4, -0.2) is 48.0 Å². The fourth-order valence-corrected chi connectivity index (χ4v) is 2.01. The Hall–Kier alpha value is -1.54. The lowest BCUT2D eigenvalue weighted by atomic mass is 10.2. The molecular weight excluding hydrogens is 258 g/mol. The van der Waals surface area contributed by atoms with Crippen LogP contribution in [0.4, 0.5) is 0 Å². The van der Waals surface area contributed by atoms with E-state index < -0.39 is 15.8 Å². The lowest BCUT2D eigenvalue weighted by Gasteiger charge is -2.05. The number of sulfone groups is 1. The lowest BCUT2D eigenvalue weighted by Crippen LogP contribution is -2.20. The average molecular weight is 273 g/mol. The van der Waals surface area contributed by atoms with Gasteiger partial charge in [-0.3, -0.25) is 0 Å². The van der Waals surface area contributed by atoms with E-state index in [4.69, 9.17) is 5.11 Å². The third kappa shape index (κ3) is 5.19. The summed E-state index contributed by atoms with van der Waals surface area (Å²) >= 11 is 0. The van der Waals surface area contributed by atoms with Gasteiger partial charge >= 0.3 is 5.97 Å². The molecule has 0 unspecified atom stereocenters. The minimum absolute atomic E-state index is 0.0492. The molecule has 0 aliphatic carbocycles. The predicted molar refractivity (Wildman–Crippen MR) is 65.0 cm³/mol. The molecule has 0 radical (unpaired) electrons. The van der Waals surface area contributed by atoms with E-state index in [9.17, 15) is 13.2 Å². The fraction of sp³-hybridized carbons (Fsp3) is 0.500. The van der Waals surface area contributed by atoms with Crippen molar-refractivity contribution in [2.45, 2.75) is 13.0 Å². The molecule has 0 atom stereocenters. The first-order valence-corrected chi connectivity index (χ1v) is 7.37. The van der Waals surface area contributed by atoms with Gasteiger partial charge in [-0.1, -0.05) is 0 Å². The molecule has 7 nitrogen and oxygen atoms in total. The number of hydrogen-bond donors (Lipinski definition) is 2. The number of rotatable bonds is 7. The van der Waals surface area contributed by atoms with Crippen LogP contribution in [0.2, 0.25) is 0 Å². The SMILES string of the molecule is CS(=O)(=O)CCCNCc1ncncc1C(=O)O. The Morgan fingerprint density at radius 2 is 2.22 bits per heavy atom. The second kappa shape index (κ2) is 6.41. The van der Waals surface area contributed by atoms with Gasteiger partial charge in [-0.2, -0.15) is 0 Å². The number of nitrogens with one attached hydrogen (secondary N) is 1. The molecule has 1 aromatic heterocycles. The maximum Gasteiger partial charge on any atom is 0.339 e. The molecular formula is C10H15N3O4S. The largest absolute Gasteiger partial charge is 0.478 e. The molecule has 1 aromatic rings. The van der Waals surface area contributed by atoms with Crippen LogP contribution in [0.1, 0.15) is 22.5 Å². The van der Waals surface area contributed by atoms with Crippen molar-refractivity contribution in [1.29, 1.82) is 0 Å². The summed E-state index contributed by atoms with van der Waals surface area (Å²) in [5, 5.41) is 11.8. The third-order valence-electron chi connectivity index (χ3n) is 2.19. The summed E-state index contributed by atoms with van der Waals surface area (Å²) in [7, 11) is -2.95. The van der Waals surface area contributed by atoms with E-state index in [0.29, 0.717) is 18.7 Å². The van der Waals surface area contributed by atoms with E-state index in [0.717, 1.165) is 0 Å². The van der Waals surface area contributed by atoms with Crippen molar-refractivity contribution in [3.05, 3.63) is 23.8 Å². The highest BCUT2D eigenvalue weighted by atomic mass is 32.2. The van der Waals surface area contributed by atoms with Crippen molar-refractivity contribution < 1.29 is 18.3 Å². The molecule has 0 saturated carbocycles. The van der Waals surface area contributed by atoms with Crippen molar-refractivity contribution in [3.8, 4) is 0 Å². The molecule has 0 aromatic carbocycles. The number of carbonyl (C=O) groups is 1. The van der Waals surface area contributed by atoms with Gasteiger partial charge in [0.15, 0.2) is 0 Å². The van der Waals surface area contributed by atoms with Crippen LogP contribution in [0.25, 0.3) is 0 Å². The molecule has 0 fully saturated rings. The molecule has 18 heavy (non-hydrogen) atoms. The first-order valence-electron chi connectivity index (χ1n) is 5.31. The predicted octanol–water partition coefficient (Wildman–Crippen LogP) is -0.301. The zero-order valence-electron chi connectivity index (χ0n) is 9.96. The monoisotopic (exact) mass is 273 g/mol. The average Bonchev–Trinajstić information content (AvgIpc) is 2.27. The highest BCUT2D eigenvalue weighted by Crippen LogP contribution is 2.02. The van der Waals surface area contributed by atoms with Crippen molar-refractivity contribution in [1.82, 2.24) is 15.3 Å². The number of nitrogens with zero attached hydrogens (tertiary/aromatic N) is 2. The topological polar surface area (TPSA) is 109 Å². The van der Waals surface area contributed by atoms with Gasteiger partial charge in [0.05, 0.1) is 11.4 Å². The molecule has 0 bridgehead atoms. The van der Waals surface area contributed by atoms with Gasteiger partial charge in [0.2, 0.25) is 0 Å². The van der Waals surface area contributed by atoms with E-state index in [2.05, 4.69) is 15.3 Å². The van der Waals surface area contributed by atoms with Gasteiger partial charge in [0.25, 0.3) is 0 Å². The summed E-state index contributed by atoms with van der Waals surface area (Å²) in [4.78, 5) is 18.4. The van der Waals surface area contributed by atoms with Gasteiger partial charge < -0.3 is 10.4 Å². The molecule has 0 aliphatic heterocycles. The smallest absolute Gasteiger partial charge is 0.339 e. The summed E-state index contributed by atoms with van der Waals surface area (Å²) in [6.07, 6.45) is 4.18. The van der Waals surface area contributed by atoms with Crippen molar-refractivity contribution in [2.75, 3.05) is 18.6 Å². The summed E-state index contributed by atoms with van der Waals surface area (Å²) in [6.45, 7) is 0.754. The number of carboxylic acids is 1. The van der Waals surface area contributed by atoms with Crippen LogP contribution in [-0.2, 0) is 16.4 Å². The maximum atomic E-state index is 10.9. The first kappa shape index (κ1) is 14.5. The third-order valence-corrected chi connectivity index (χ3v) is 3.22. The number of carboxylic acid groups (broad SMARTS) is 1. The van der Waals surface area contributed by atoms with Crippen LogP contribution in [0, 0.1) is 0 Å².